The Hall–Kier alpha value is -0.0400. The van der Waals surface area contributed by atoms with Crippen molar-refractivity contribution < 1.29 is 4.74 Å². The molecular weight excluding hydrogens is 100 g/mol. The molecule has 0 aromatic carbocycles. The largest absolute Gasteiger partial charge is 0.375 e. The Morgan fingerprint density at radius 1 is 1.25 bits per heavy atom. The summed E-state index contributed by atoms with van der Waals surface area (Å²) < 4.78 is 5.47. The van der Waals surface area contributed by atoms with E-state index in [0.29, 0.717) is 12.2 Å². The van der Waals surface area contributed by atoms with E-state index in [-0.39, 0.29) is 0 Å². The van der Waals surface area contributed by atoms with Gasteiger partial charge in [0.1, 0.15) is 0 Å². The van der Waals surface area contributed by atoms with Gasteiger partial charge in [-0.25, -0.2) is 0 Å². The van der Waals surface area contributed by atoms with Gasteiger partial charge in [-0.2, -0.15) is 0 Å². The molecule has 1 saturated heterocycles. The maximum Gasteiger partial charge on any atom is 0.0577 e. The van der Waals surface area contributed by atoms with Crippen LogP contribution in [0.1, 0.15) is 27.2 Å². The van der Waals surface area contributed by atoms with Gasteiger partial charge < -0.3 is 4.74 Å². The fourth-order valence-corrected chi connectivity index (χ4v) is 1.27. The maximum atomic E-state index is 5.47. The highest BCUT2D eigenvalue weighted by Gasteiger charge is 2.24. The van der Waals surface area contributed by atoms with Crippen molar-refractivity contribution in [3.63, 3.8) is 0 Å². The van der Waals surface area contributed by atoms with E-state index in [1.54, 1.807) is 0 Å². The minimum Gasteiger partial charge on any atom is -0.375 e. The average Bonchev–Trinajstić information content (AvgIpc) is 1.85. The molecule has 0 aromatic rings. The zero-order valence-electron chi connectivity index (χ0n) is 5.85. The summed E-state index contributed by atoms with van der Waals surface area (Å²) in [7, 11) is 0. The second-order valence-electron chi connectivity index (χ2n) is 2.86. The van der Waals surface area contributed by atoms with Crippen LogP contribution in [0.15, 0.2) is 0 Å². The molecule has 0 spiro atoms. The molecule has 1 aliphatic heterocycles. The molecule has 1 unspecified atom stereocenters. The van der Waals surface area contributed by atoms with Crippen molar-refractivity contribution in [1.82, 2.24) is 0 Å². The zero-order valence-corrected chi connectivity index (χ0v) is 5.85. The summed E-state index contributed by atoms with van der Waals surface area (Å²) in [6.45, 7) is 6.53. The predicted molar refractivity (Wildman–Crippen MR) is 33.8 cm³/mol. The lowest BCUT2D eigenvalue weighted by Crippen LogP contribution is -2.06. The highest BCUT2D eigenvalue weighted by Crippen LogP contribution is 2.24. The average molecular weight is 114 g/mol. The highest BCUT2D eigenvalue weighted by molar-refractivity contribution is 4.72. The van der Waals surface area contributed by atoms with Crippen LogP contribution in [0.5, 0.6) is 0 Å². The fraction of sp³-hybridized carbons (Fsp3) is 1.00. The molecule has 1 nitrogen and oxygen atoms in total. The second kappa shape index (κ2) is 2.06. The Labute approximate surface area is 51.0 Å². The van der Waals surface area contributed by atoms with Gasteiger partial charge in [0, 0.05) is 0 Å². The van der Waals surface area contributed by atoms with Gasteiger partial charge in [-0.3, -0.25) is 0 Å². The van der Waals surface area contributed by atoms with Crippen LogP contribution in [0, 0.1) is 5.92 Å². The third-order valence-electron chi connectivity index (χ3n) is 1.95. The van der Waals surface area contributed by atoms with Crippen LogP contribution in [-0.2, 0) is 4.74 Å². The van der Waals surface area contributed by atoms with Gasteiger partial charge in [-0.15, -0.1) is 0 Å². The molecule has 48 valence electrons. The lowest BCUT2D eigenvalue weighted by atomic mass is 10.0. The van der Waals surface area contributed by atoms with Crippen LogP contribution < -0.4 is 0 Å². The summed E-state index contributed by atoms with van der Waals surface area (Å²) >= 11 is 0. The van der Waals surface area contributed by atoms with Gasteiger partial charge >= 0.3 is 0 Å². The summed E-state index contributed by atoms with van der Waals surface area (Å²) in [5, 5.41) is 0. The summed E-state index contributed by atoms with van der Waals surface area (Å²) in [5.74, 6) is 0.769. The van der Waals surface area contributed by atoms with Crippen molar-refractivity contribution in [3.8, 4) is 0 Å². The van der Waals surface area contributed by atoms with Gasteiger partial charge in [0.25, 0.3) is 0 Å². The van der Waals surface area contributed by atoms with Crippen LogP contribution in [0.25, 0.3) is 0 Å². The summed E-state index contributed by atoms with van der Waals surface area (Å²) in [5.41, 5.74) is 0. The van der Waals surface area contributed by atoms with Crippen molar-refractivity contribution >= 4 is 0 Å². The van der Waals surface area contributed by atoms with Crippen LogP contribution in [0.3, 0.4) is 0 Å². The van der Waals surface area contributed by atoms with E-state index in [2.05, 4.69) is 20.8 Å². The number of rotatable bonds is 0. The molecule has 1 aliphatic rings. The van der Waals surface area contributed by atoms with Gasteiger partial charge in [0.05, 0.1) is 12.2 Å². The summed E-state index contributed by atoms with van der Waals surface area (Å²) in [6, 6.07) is 0. The SMILES string of the molecule is CC1C[C@@H](C)O[C@@H]1C. The zero-order chi connectivity index (χ0) is 6.15. The van der Waals surface area contributed by atoms with E-state index < -0.39 is 0 Å². The second-order valence-corrected chi connectivity index (χ2v) is 2.86. The molecule has 0 amide bonds. The summed E-state index contributed by atoms with van der Waals surface area (Å²) in [4.78, 5) is 0. The standard InChI is InChI=1S/C7H14O/c1-5-4-6(2)8-7(5)3/h5-7H,4H2,1-3H3/t5?,6-,7-/m1/s1. The van der Waals surface area contributed by atoms with Crippen LogP contribution in [-0.4, -0.2) is 12.2 Å². The lowest BCUT2D eigenvalue weighted by Gasteiger charge is -2.05. The van der Waals surface area contributed by atoms with Crippen molar-refractivity contribution in [1.29, 1.82) is 0 Å². The molecule has 1 fully saturated rings. The predicted octanol–water partition coefficient (Wildman–Crippen LogP) is 1.82. The van der Waals surface area contributed by atoms with Crippen LogP contribution >= 0.6 is 0 Å². The van der Waals surface area contributed by atoms with E-state index in [1.807, 2.05) is 0 Å². The molecule has 8 heavy (non-hydrogen) atoms. The molecular formula is C7H14O. The topological polar surface area (TPSA) is 9.23 Å². The molecule has 1 heteroatoms. The van der Waals surface area contributed by atoms with Crippen molar-refractivity contribution in [2.75, 3.05) is 0 Å². The molecule has 0 radical (unpaired) electrons. The maximum absolute atomic E-state index is 5.47. The number of hydrogen-bond donors (Lipinski definition) is 0. The first-order valence-corrected chi connectivity index (χ1v) is 3.35. The van der Waals surface area contributed by atoms with Crippen molar-refractivity contribution in [2.45, 2.75) is 39.4 Å². The molecule has 1 rings (SSSR count). The van der Waals surface area contributed by atoms with Crippen LogP contribution in [0.2, 0.25) is 0 Å². The van der Waals surface area contributed by atoms with Gasteiger partial charge in [-0.05, 0) is 26.2 Å². The first kappa shape index (κ1) is 6.09. The normalized spacial score (nSPS) is 47.6. The monoisotopic (exact) mass is 114 g/mol. The Balaban J connectivity index is 2.39. The third-order valence-corrected chi connectivity index (χ3v) is 1.95. The molecule has 0 saturated carbocycles. The van der Waals surface area contributed by atoms with E-state index in [0.717, 1.165) is 5.92 Å². The van der Waals surface area contributed by atoms with Crippen molar-refractivity contribution in [2.24, 2.45) is 5.92 Å². The molecule has 0 aromatic heterocycles. The molecule has 3 atom stereocenters. The third kappa shape index (κ3) is 1.03. The van der Waals surface area contributed by atoms with E-state index in [1.165, 1.54) is 6.42 Å². The van der Waals surface area contributed by atoms with E-state index >= 15 is 0 Å². The van der Waals surface area contributed by atoms with Gasteiger partial charge in [0.2, 0.25) is 0 Å². The highest BCUT2D eigenvalue weighted by atomic mass is 16.5. The minimum atomic E-state index is 0.491. The Morgan fingerprint density at radius 3 is 2.00 bits per heavy atom. The Morgan fingerprint density at radius 2 is 1.88 bits per heavy atom. The first-order chi connectivity index (χ1) is 3.70. The summed E-state index contributed by atoms with van der Waals surface area (Å²) in [6.07, 6.45) is 2.23. The van der Waals surface area contributed by atoms with E-state index in [9.17, 15) is 0 Å². The number of ether oxygens (including phenoxy) is 1. The van der Waals surface area contributed by atoms with Crippen molar-refractivity contribution in [3.05, 3.63) is 0 Å². The fourth-order valence-electron chi connectivity index (χ4n) is 1.27. The Bertz CT molecular complexity index is 70.5. The lowest BCUT2D eigenvalue weighted by molar-refractivity contribution is 0.0580. The molecule has 1 heterocycles. The molecule has 0 aliphatic carbocycles. The quantitative estimate of drug-likeness (QED) is 0.466. The Kier molecular flexibility index (Phi) is 1.57. The molecule has 0 N–H and O–H groups in total. The first-order valence-electron chi connectivity index (χ1n) is 3.35. The van der Waals surface area contributed by atoms with Gasteiger partial charge in [-0.1, -0.05) is 6.92 Å². The minimum absolute atomic E-state index is 0.491. The van der Waals surface area contributed by atoms with Gasteiger partial charge in [0.15, 0.2) is 0 Å². The van der Waals surface area contributed by atoms with Crippen LogP contribution in [0.4, 0.5) is 0 Å². The smallest absolute Gasteiger partial charge is 0.0577 e. The van der Waals surface area contributed by atoms with E-state index in [4.69, 9.17) is 4.74 Å². The number of hydrogen-bond acceptors (Lipinski definition) is 1. The molecule has 0 bridgehead atoms.